The normalized spacial score (nSPS) is 21.2. The van der Waals surface area contributed by atoms with E-state index in [2.05, 4.69) is 15.5 Å². The van der Waals surface area contributed by atoms with Crippen molar-refractivity contribution in [1.29, 1.82) is 0 Å². The number of nitrogens with zero attached hydrogens (tertiary/aromatic N) is 2. The Kier molecular flexibility index (Phi) is 6.01. The van der Waals surface area contributed by atoms with Crippen LogP contribution in [0.2, 0.25) is 0 Å². The number of aromatic amines is 1. The highest BCUT2D eigenvalue weighted by atomic mass is 19.4. The smallest absolute Gasteiger partial charge is 0.387 e. The lowest BCUT2D eigenvalue weighted by molar-refractivity contribution is -0.251. The third-order valence-corrected chi connectivity index (χ3v) is 3.83. The highest BCUT2D eigenvalue weighted by molar-refractivity contribution is 5.79. The molecule has 11 heteroatoms. The summed E-state index contributed by atoms with van der Waals surface area (Å²) >= 11 is 0. The Morgan fingerprint density at radius 3 is 2.76 bits per heavy atom. The second-order valence-electron chi connectivity index (χ2n) is 5.75. The van der Waals surface area contributed by atoms with Crippen LogP contribution in [0.5, 0.6) is 0 Å². The highest BCUT2D eigenvalue weighted by Crippen LogP contribution is 2.27. The number of rotatable bonds is 5. The predicted octanol–water partition coefficient (Wildman–Crippen LogP) is -0.473. The van der Waals surface area contributed by atoms with Gasteiger partial charge in [0.15, 0.2) is 6.10 Å². The van der Waals surface area contributed by atoms with E-state index in [1.165, 1.54) is 6.20 Å². The molecule has 1 aromatic heterocycles. The maximum absolute atomic E-state index is 12.9. The lowest BCUT2D eigenvalue weighted by Crippen LogP contribution is -2.57. The molecule has 2 rings (SSSR count). The van der Waals surface area contributed by atoms with Crippen LogP contribution < -0.4 is 5.32 Å². The predicted molar refractivity (Wildman–Crippen MR) is 78.4 cm³/mol. The monoisotopic (exact) mass is 364 g/mol. The lowest BCUT2D eigenvalue weighted by Gasteiger charge is -2.38. The molecule has 2 amide bonds. The second-order valence-corrected chi connectivity index (χ2v) is 5.75. The van der Waals surface area contributed by atoms with Crippen molar-refractivity contribution < 1.29 is 32.6 Å². The van der Waals surface area contributed by atoms with Gasteiger partial charge in [-0.05, 0) is 6.92 Å². The molecule has 0 aromatic carbocycles. The van der Waals surface area contributed by atoms with Crippen LogP contribution in [0.3, 0.4) is 0 Å². The number of ether oxygens (including phenoxy) is 1. The Labute approximate surface area is 141 Å². The summed E-state index contributed by atoms with van der Waals surface area (Å²) in [5.41, 5.74) is 1.40. The van der Waals surface area contributed by atoms with Crippen LogP contribution in [-0.4, -0.2) is 76.6 Å². The number of morpholine rings is 1. The summed E-state index contributed by atoms with van der Waals surface area (Å²) in [5, 5.41) is 17.8. The summed E-state index contributed by atoms with van der Waals surface area (Å²) in [5.74, 6) is -1.22. The number of halogens is 3. The quantitative estimate of drug-likeness (QED) is 0.655. The van der Waals surface area contributed by atoms with E-state index in [1.54, 1.807) is 6.92 Å². The standard InChI is InChI=1S/C14H19F3N4O4/c1-8-9(3-19-20-8)2-12(23)18-4-10-5-21(13(24)7-22)6-11(25-10)14(15,16)17/h3,10-11,22H,2,4-7H2,1H3,(H,18,23)(H,19,20). The SMILES string of the molecule is Cc1[nH]ncc1CC(=O)NCC1CN(C(=O)CO)CC(C(F)(F)F)O1. The third kappa shape index (κ3) is 5.16. The number of hydrogen-bond acceptors (Lipinski definition) is 5. The van der Waals surface area contributed by atoms with Crippen molar-refractivity contribution in [1.82, 2.24) is 20.4 Å². The van der Waals surface area contributed by atoms with Crippen molar-refractivity contribution in [2.75, 3.05) is 26.2 Å². The van der Waals surface area contributed by atoms with Crippen LogP contribution in [0.4, 0.5) is 13.2 Å². The van der Waals surface area contributed by atoms with Gasteiger partial charge in [-0.1, -0.05) is 0 Å². The first kappa shape index (κ1) is 19.2. The molecular formula is C14H19F3N4O4. The van der Waals surface area contributed by atoms with Gasteiger partial charge in [0.1, 0.15) is 6.61 Å². The van der Waals surface area contributed by atoms with E-state index in [9.17, 15) is 22.8 Å². The van der Waals surface area contributed by atoms with Crippen LogP contribution in [0, 0.1) is 6.92 Å². The van der Waals surface area contributed by atoms with Crippen LogP contribution in [0.15, 0.2) is 6.20 Å². The number of aromatic nitrogens is 2. The first-order valence-corrected chi connectivity index (χ1v) is 7.57. The maximum Gasteiger partial charge on any atom is 0.416 e. The van der Waals surface area contributed by atoms with Crippen LogP contribution in [0.25, 0.3) is 0 Å². The van der Waals surface area contributed by atoms with E-state index >= 15 is 0 Å². The molecule has 1 aromatic rings. The van der Waals surface area contributed by atoms with Gasteiger partial charge < -0.3 is 20.1 Å². The zero-order valence-electron chi connectivity index (χ0n) is 13.5. The minimum atomic E-state index is -4.65. The number of aliphatic hydroxyl groups is 1. The molecule has 1 aliphatic rings. The van der Waals surface area contributed by atoms with Gasteiger partial charge in [-0.15, -0.1) is 0 Å². The van der Waals surface area contributed by atoms with E-state index in [4.69, 9.17) is 9.84 Å². The summed E-state index contributed by atoms with van der Waals surface area (Å²) in [4.78, 5) is 24.3. The van der Waals surface area contributed by atoms with Crippen molar-refractivity contribution >= 4 is 11.8 Å². The molecule has 0 radical (unpaired) electrons. The van der Waals surface area contributed by atoms with Crippen molar-refractivity contribution in [3.05, 3.63) is 17.5 Å². The average molecular weight is 364 g/mol. The molecule has 0 aliphatic carbocycles. The molecule has 8 nitrogen and oxygen atoms in total. The summed E-state index contributed by atoms with van der Waals surface area (Å²) in [7, 11) is 0. The number of H-pyrrole nitrogens is 1. The number of amides is 2. The summed E-state index contributed by atoms with van der Waals surface area (Å²) in [6.45, 7) is -0.147. The molecule has 1 aliphatic heterocycles. The van der Waals surface area contributed by atoms with Gasteiger partial charge in [-0.3, -0.25) is 14.7 Å². The minimum Gasteiger partial charge on any atom is -0.387 e. The van der Waals surface area contributed by atoms with Gasteiger partial charge in [0, 0.05) is 24.3 Å². The minimum absolute atomic E-state index is 0.0248. The zero-order valence-corrected chi connectivity index (χ0v) is 13.5. The van der Waals surface area contributed by atoms with Crippen molar-refractivity contribution in [2.45, 2.75) is 31.7 Å². The number of carbonyl (C=O) groups is 2. The number of aryl methyl sites for hydroxylation is 1. The molecule has 25 heavy (non-hydrogen) atoms. The maximum atomic E-state index is 12.9. The van der Waals surface area contributed by atoms with Gasteiger partial charge in [-0.2, -0.15) is 18.3 Å². The molecule has 0 bridgehead atoms. The molecule has 1 saturated heterocycles. The Morgan fingerprint density at radius 1 is 1.48 bits per heavy atom. The van der Waals surface area contributed by atoms with Gasteiger partial charge in [0.2, 0.25) is 11.8 Å². The molecule has 3 N–H and O–H groups in total. The molecule has 140 valence electrons. The second kappa shape index (κ2) is 7.83. The summed E-state index contributed by atoms with van der Waals surface area (Å²) < 4.78 is 43.7. The van der Waals surface area contributed by atoms with E-state index < -0.39 is 43.4 Å². The fraction of sp³-hybridized carbons (Fsp3) is 0.643. The molecule has 2 unspecified atom stereocenters. The largest absolute Gasteiger partial charge is 0.416 e. The van der Waals surface area contributed by atoms with Gasteiger partial charge in [0.05, 0.1) is 25.3 Å². The van der Waals surface area contributed by atoms with E-state index in [-0.39, 0.29) is 19.5 Å². The first-order valence-electron chi connectivity index (χ1n) is 7.57. The number of aliphatic hydroxyl groups excluding tert-OH is 1. The zero-order chi connectivity index (χ0) is 18.6. The number of alkyl halides is 3. The topological polar surface area (TPSA) is 108 Å². The number of nitrogens with one attached hydrogen (secondary N) is 2. The number of carbonyl (C=O) groups excluding carboxylic acids is 2. The van der Waals surface area contributed by atoms with Crippen molar-refractivity contribution in [3.8, 4) is 0 Å². The Hall–Kier alpha value is -2.14. The van der Waals surface area contributed by atoms with Gasteiger partial charge in [-0.25, -0.2) is 0 Å². The van der Waals surface area contributed by atoms with Crippen LogP contribution in [0.1, 0.15) is 11.3 Å². The van der Waals surface area contributed by atoms with Gasteiger partial charge in [0.25, 0.3) is 0 Å². The van der Waals surface area contributed by atoms with Crippen molar-refractivity contribution in [2.24, 2.45) is 0 Å². The third-order valence-electron chi connectivity index (χ3n) is 3.83. The van der Waals surface area contributed by atoms with E-state index in [1.807, 2.05) is 0 Å². The molecule has 2 atom stereocenters. The molecule has 0 spiro atoms. The van der Waals surface area contributed by atoms with Crippen LogP contribution in [-0.2, 0) is 20.7 Å². The molecule has 1 fully saturated rings. The van der Waals surface area contributed by atoms with Crippen LogP contribution >= 0.6 is 0 Å². The van der Waals surface area contributed by atoms with Gasteiger partial charge >= 0.3 is 6.18 Å². The highest BCUT2D eigenvalue weighted by Gasteiger charge is 2.46. The molecule has 0 saturated carbocycles. The summed E-state index contributed by atoms with van der Waals surface area (Å²) in [6.07, 6.45) is -6.31. The van der Waals surface area contributed by atoms with E-state index in [0.29, 0.717) is 5.56 Å². The lowest BCUT2D eigenvalue weighted by atomic mass is 10.1. The number of hydrogen-bond donors (Lipinski definition) is 3. The summed E-state index contributed by atoms with van der Waals surface area (Å²) in [6, 6.07) is 0. The Balaban J connectivity index is 1.93. The first-order chi connectivity index (χ1) is 11.7. The Morgan fingerprint density at radius 2 is 2.20 bits per heavy atom. The van der Waals surface area contributed by atoms with Crippen molar-refractivity contribution in [3.63, 3.8) is 0 Å². The molecule has 2 heterocycles. The fourth-order valence-electron chi connectivity index (χ4n) is 2.45. The molecular weight excluding hydrogens is 345 g/mol. The average Bonchev–Trinajstić information content (AvgIpc) is 2.96. The fourth-order valence-corrected chi connectivity index (χ4v) is 2.45. The Bertz CT molecular complexity index is 619. The van der Waals surface area contributed by atoms with E-state index in [0.717, 1.165) is 10.6 Å².